The fourth-order valence-corrected chi connectivity index (χ4v) is 2.33. The van der Waals surface area contributed by atoms with Crippen LogP contribution in [0.1, 0.15) is 24.2 Å². The largest absolute Gasteiger partial charge is 0.343 e. The highest BCUT2D eigenvalue weighted by Crippen LogP contribution is 2.26. The van der Waals surface area contributed by atoms with E-state index in [9.17, 15) is 4.79 Å². The maximum atomic E-state index is 11.6. The Morgan fingerprint density at radius 1 is 1.41 bits per heavy atom. The Hall–Kier alpha value is -1.35. The first-order valence-corrected chi connectivity index (χ1v) is 6.22. The normalized spacial score (nSPS) is 10.8. The van der Waals surface area contributed by atoms with Crippen LogP contribution in [-0.2, 0) is 6.54 Å². The van der Waals surface area contributed by atoms with Crippen molar-refractivity contribution in [3.05, 3.63) is 46.6 Å². The van der Waals surface area contributed by atoms with Gasteiger partial charge < -0.3 is 4.57 Å². The van der Waals surface area contributed by atoms with Crippen molar-refractivity contribution >= 4 is 32.6 Å². The first-order valence-electron chi connectivity index (χ1n) is 5.42. The monoisotopic (exact) mass is 291 g/mol. The van der Waals surface area contributed by atoms with Crippen LogP contribution in [0.3, 0.4) is 0 Å². The smallest absolute Gasteiger partial charge is 0.161 e. The first-order chi connectivity index (χ1) is 7.99. The summed E-state index contributed by atoms with van der Waals surface area (Å²) in [6.07, 6.45) is 1.91. The Morgan fingerprint density at radius 3 is 2.71 bits per heavy atom. The molecule has 0 saturated heterocycles. The third-order valence-electron chi connectivity index (χ3n) is 2.66. The van der Waals surface area contributed by atoms with E-state index < -0.39 is 0 Å². The fraction of sp³-hybridized carbons (Fsp3) is 0.214. The van der Waals surface area contributed by atoms with Gasteiger partial charge in [-0.15, -0.1) is 0 Å². The maximum Gasteiger partial charge on any atom is 0.161 e. The number of allylic oxidation sites excluding steroid dienone is 1. The van der Waals surface area contributed by atoms with Crippen LogP contribution in [-0.4, -0.2) is 10.4 Å². The van der Waals surface area contributed by atoms with Gasteiger partial charge in [-0.05, 0) is 32.0 Å². The standard InChI is InChI=1S/C14H14BrNO/c1-9(2)7-16-8-13(10(3)17)12-6-11(15)4-5-14(12)16/h4-6,8H,1,7H2,2-3H3. The van der Waals surface area contributed by atoms with E-state index in [0.717, 1.165) is 33.1 Å². The number of nitrogens with zero attached hydrogens (tertiary/aromatic N) is 1. The number of benzene rings is 1. The second-order valence-corrected chi connectivity index (χ2v) is 5.26. The van der Waals surface area contributed by atoms with Crippen LogP contribution in [0, 0.1) is 0 Å². The Morgan fingerprint density at radius 2 is 2.12 bits per heavy atom. The molecule has 0 aliphatic rings. The summed E-state index contributed by atoms with van der Waals surface area (Å²) < 4.78 is 3.06. The molecule has 0 radical (unpaired) electrons. The summed E-state index contributed by atoms with van der Waals surface area (Å²) in [5, 5.41) is 0.994. The lowest BCUT2D eigenvalue weighted by atomic mass is 10.1. The van der Waals surface area contributed by atoms with Crippen molar-refractivity contribution in [2.45, 2.75) is 20.4 Å². The van der Waals surface area contributed by atoms with Crippen LogP contribution >= 0.6 is 15.9 Å². The molecule has 1 aromatic heterocycles. The van der Waals surface area contributed by atoms with Crippen molar-refractivity contribution in [2.24, 2.45) is 0 Å². The minimum Gasteiger partial charge on any atom is -0.343 e. The van der Waals surface area contributed by atoms with Crippen LogP contribution < -0.4 is 0 Å². The summed E-state index contributed by atoms with van der Waals surface area (Å²) in [5.74, 6) is 0.0913. The molecule has 0 aliphatic carbocycles. The predicted molar refractivity (Wildman–Crippen MR) is 74.5 cm³/mol. The van der Waals surface area contributed by atoms with Crippen molar-refractivity contribution in [1.82, 2.24) is 4.57 Å². The van der Waals surface area contributed by atoms with Gasteiger partial charge in [-0.1, -0.05) is 28.1 Å². The average molecular weight is 292 g/mol. The number of fused-ring (bicyclic) bond motifs is 1. The molecular formula is C14H14BrNO. The van der Waals surface area contributed by atoms with E-state index in [-0.39, 0.29) is 5.78 Å². The number of carbonyl (C=O) groups is 1. The fourth-order valence-electron chi connectivity index (χ4n) is 1.97. The summed E-state index contributed by atoms with van der Waals surface area (Å²) in [6, 6.07) is 6.00. The molecule has 88 valence electrons. The van der Waals surface area contributed by atoms with Gasteiger partial charge >= 0.3 is 0 Å². The predicted octanol–water partition coefficient (Wildman–Crippen LogP) is 4.18. The van der Waals surface area contributed by atoms with Crippen LogP contribution in [0.4, 0.5) is 0 Å². The molecule has 0 spiro atoms. The molecule has 0 aliphatic heterocycles. The van der Waals surface area contributed by atoms with Crippen molar-refractivity contribution in [3.63, 3.8) is 0 Å². The molecule has 2 nitrogen and oxygen atoms in total. The second kappa shape index (κ2) is 4.49. The Bertz CT molecular complexity index is 610. The second-order valence-electron chi connectivity index (χ2n) is 4.35. The first kappa shape index (κ1) is 12.1. The summed E-state index contributed by atoms with van der Waals surface area (Å²) in [6.45, 7) is 8.24. The summed E-state index contributed by atoms with van der Waals surface area (Å²) >= 11 is 3.44. The van der Waals surface area contributed by atoms with E-state index in [4.69, 9.17) is 0 Å². The molecule has 3 heteroatoms. The Labute approximate surface area is 109 Å². The van der Waals surface area contributed by atoms with Gasteiger partial charge in [0.2, 0.25) is 0 Å². The van der Waals surface area contributed by atoms with Gasteiger partial charge in [0.05, 0.1) is 0 Å². The molecule has 2 rings (SSSR count). The zero-order chi connectivity index (χ0) is 12.6. The number of ketones is 1. The zero-order valence-corrected chi connectivity index (χ0v) is 11.5. The van der Waals surface area contributed by atoms with Crippen molar-refractivity contribution < 1.29 is 4.79 Å². The lowest BCUT2D eigenvalue weighted by molar-refractivity contribution is 0.101. The molecule has 0 bridgehead atoms. The highest BCUT2D eigenvalue weighted by Gasteiger charge is 2.12. The summed E-state index contributed by atoms with van der Waals surface area (Å²) in [5.41, 5.74) is 2.91. The molecule has 0 atom stereocenters. The number of halogens is 1. The number of hydrogen-bond acceptors (Lipinski definition) is 1. The van der Waals surface area contributed by atoms with E-state index >= 15 is 0 Å². The lowest BCUT2D eigenvalue weighted by Crippen LogP contribution is -1.96. The van der Waals surface area contributed by atoms with Gasteiger partial charge in [0.25, 0.3) is 0 Å². The topological polar surface area (TPSA) is 22.0 Å². The van der Waals surface area contributed by atoms with Crippen LogP contribution in [0.5, 0.6) is 0 Å². The number of carbonyl (C=O) groups excluding carboxylic acids is 1. The van der Waals surface area contributed by atoms with Gasteiger partial charge in [0, 0.05) is 33.7 Å². The molecule has 0 amide bonds. The highest BCUT2D eigenvalue weighted by atomic mass is 79.9. The summed E-state index contributed by atoms with van der Waals surface area (Å²) in [7, 11) is 0. The van der Waals surface area contributed by atoms with Crippen molar-refractivity contribution in [1.29, 1.82) is 0 Å². The van der Waals surface area contributed by atoms with Gasteiger partial charge in [0.1, 0.15) is 0 Å². The molecule has 2 aromatic rings. The van der Waals surface area contributed by atoms with Gasteiger partial charge in [0.15, 0.2) is 5.78 Å². The molecule has 1 aromatic carbocycles. The molecule has 0 fully saturated rings. The third kappa shape index (κ3) is 2.34. The molecule has 1 heterocycles. The minimum atomic E-state index is 0.0913. The van der Waals surface area contributed by atoms with E-state index in [0.29, 0.717) is 0 Å². The van der Waals surface area contributed by atoms with E-state index in [2.05, 4.69) is 27.1 Å². The summed E-state index contributed by atoms with van der Waals surface area (Å²) in [4.78, 5) is 11.6. The average Bonchev–Trinajstić information content (AvgIpc) is 2.55. The van der Waals surface area contributed by atoms with Crippen LogP contribution in [0.15, 0.2) is 41.0 Å². The van der Waals surface area contributed by atoms with Crippen molar-refractivity contribution in [3.8, 4) is 0 Å². The Balaban J connectivity index is 2.70. The zero-order valence-electron chi connectivity index (χ0n) is 9.96. The SMILES string of the molecule is C=C(C)Cn1cc(C(C)=O)c2cc(Br)ccc21. The molecule has 0 saturated carbocycles. The highest BCUT2D eigenvalue weighted by molar-refractivity contribution is 9.10. The number of hydrogen-bond donors (Lipinski definition) is 0. The number of Topliss-reactive ketones (excluding diaryl/α,β-unsaturated/α-hetero) is 1. The van der Waals surface area contributed by atoms with E-state index in [1.807, 2.05) is 31.3 Å². The molecule has 0 N–H and O–H groups in total. The molecular weight excluding hydrogens is 278 g/mol. The minimum absolute atomic E-state index is 0.0913. The quantitative estimate of drug-likeness (QED) is 0.614. The van der Waals surface area contributed by atoms with E-state index in [1.165, 1.54) is 0 Å². The van der Waals surface area contributed by atoms with Crippen LogP contribution in [0.25, 0.3) is 10.9 Å². The maximum absolute atomic E-state index is 11.6. The van der Waals surface area contributed by atoms with Gasteiger partial charge in [-0.2, -0.15) is 0 Å². The number of rotatable bonds is 3. The van der Waals surface area contributed by atoms with E-state index in [1.54, 1.807) is 6.92 Å². The van der Waals surface area contributed by atoms with Crippen molar-refractivity contribution in [2.75, 3.05) is 0 Å². The molecule has 17 heavy (non-hydrogen) atoms. The molecule has 0 unspecified atom stereocenters. The number of aromatic nitrogens is 1. The van der Waals surface area contributed by atoms with Gasteiger partial charge in [-0.25, -0.2) is 0 Å². The van der Waals surface area contributed by atoms with Crippen LogP contribution in [0.2, 0.25) is 0 Å². The third-order valence-corrected chi connectivity index (χ3v) is 3.16. The lowest BCUT2D eigenvalue weighted by Gasteiger charge is -2.04. The Kier molecular flexibility index (Phi) is 3.20. The van der Waals surface area contributed by atoms with Gasteiger partial charge in [-0.3, -0.25) is 4.79 Å².